The molecule has 92 valence electrons. The van der Waals surface area contributed by atoms with Crippen LogP contribution in [0.2, 0.25) is 0 Å². The van der Waals surface area contributed by atoms with E-state index >= 15 is 0 Å². The van der Waals surface area contributed by atoms with Crippen LogP contribution >= 0.6 is 31.9 Å². The van der Waals surface area contributed by atoms with Crippen molar-refractivity contribution >= 4 is 37.8 Å². The third kappa shape index (κ3) is 3.21. The lowest BCUT2D eigenvalue weighted by Crippen LogP contribution is -2.08. The minimum Gasteiger partial charge on any atom is -0.422 e. The van der Waals surface area contributed by atoms with E-state index in [1.54, 1.807) is 30.3 Å². The maximum Gasteiger partial charge on any atom is 0.343 e. The lowest BCUT2D eigenvalue weighted by molar-refractivity contribution is 0.0733. The highest BCUT2D eigenvalue weighted by atomic mass is 79.9. The van der Waals surface area contributed by atoms with Gasteiger partial charge in [-0.2, -0.15) is 0 Å². The van der Waals surface area contributed by atoms with Gasteiger partial charge in [0.15, 0.2) is 0 Å². The molecule has 0 aliphatic heterocycles. The van der Waals surface area contributed by atoms with E-state index in [1.165, 1.54) is 0 Å². The summed E-state index contributed by atoms with van der Waals surface area (Å²) in [5, 5.41) is 0.762. The average molecular weight is 370 g/mol. The minimum absolute atomic E-state index is 0.358. The van der Waals surface area contributed by atoms with Crippen molar-refractivity contribution in [1.82, 2.24) is 0 Å². The third-order valence-electron chi connectivity index (χ3n) is 2.36. The first-order chi connectivity index (χ1) is 8.70. The molecule has 0 N–H and O–H groups in total. The molecule has 2 nitrogen and oxygen atoms in total. The van der Waals surface area contributed by atoms with E-state index in [0.29, 0.717) is 11.3 Å². The number of esters is 1. The highest BCUT2D eigenvalue weighted by molar-refractivity contribution is 9.10. The van der Waals surface area contributed by atoms with Gasteiger partial charge in [0.1, 0.15) is 5.75 Å². The summed E-state index contributed by atoms with van der Waals surface area (Å²) in [6, 6.07) is 14.5. The molecule has 18 heavy (non-hydrogen) atoms. The molecule has 0 unspecified atom stereocenters. The molecule has 2 rings (SSSR count). The number of hydrogen-bond donors (Lipinski definition) is 0. The van der Waals surface area contributed by atoms with Gasteiger partial charge in [-0.3, -0.25) is 0 Å². The van der Waals surface area contributed by atoms with Gasteiger partial charge >= 0.3 is 5.97 Å². The van der Waals surface area contributed by atoms with Gasteiger partial charge in [0, 0.05) is 5.33 Å². The zero-order valence-corrected chi connectivity index (χ0v) is 12.6. The number of benzene rings is 2. The maximum absolute atomic E-state index is 11.9. The molecule has 0 bridgehead atoms. The maximum atomic E-state index is 11.9. The number of carbonyl (C=O) groups excluding carboxylic acids is 1. The van der Waals surface area contributed by atoms with Crippen molar-refractivity contribution in [2.45, 2.75) is 5.33 Å². The topological polar surface area (TPSA) is 26.3 Å². The Hall–Kier alpha value is -1.13. The minimum atomic E-state index is -0.358. The van der Waals surface area contributed by atoms with Gasteiger partial charge < -0.3 is 4.74 Å². The first-order valence-electron chi connectivity index (χ1n) is 5.32. The van der Waals surface area contributed by atoms with Crippen molar-refractivity contribution in [3.63, 3.8) is 0 Å². The van der Waals surface area contributed by atoms with Crippen molar-refractivity contribution in [3.8, 4) is 5.75 Å². The lowest BCUT2D eigenvalue weighted by atomic mass is 10.2. The van der Waals surface area contributed by atoms with Crippen molar-refractivity contribution in [1.29, 1.82) is 0 Å². The van der Waals surface area contributed by atoms with E-state index in [4.69, 9.17) is 4.74 Å². The first kappa shape index (κ1) is 13.3. The molecule has 0 saturated carbocycles. The van der Waals surface area contributed by atoms with Gasteiger partial charge in [0.25, 0.3) is 0 Å². The SMILES string of the molecule is O=C(Oc1ccc(CBr)cc1Br)c1ccccc1. The predicted octanol–water partition coefficient (Wildman–Crippen LogP) is 4.56. The highest BCUT2D eigenvalue weighted by Gasteiger charge is 2.10. The summed E-state index contributed by atoms with van der Waals surface area (Å²) in [5.41, 5.74) is 1.65. The molecular formula is C14H10Br2O2. The van der Waals surface area contributed by atoms with E-state index in [2.05, 4.69) is 31.9 Å². The van der Waals surface area contributed by atoms with Crippen LogP contribution in [0.5, 0.6) is 5.75 Å². The normalized spacial score (nSPS) is 10.1. The quantitative estimate of drug-likeness (QED) is 0.450. The van der Waals surface area contributed by atoms with Gasteiger partial charge in [0.05, 0.1) is 10.0 Å². The largest absolute Gasteiger partial charge is 0.422 e. The summed E-state index contributed by atoms with van der Waals surface area (Å²) >= 11 is 6.77. The van der Waals surface area contributed by atoms with E-state index in [-0.39, 0.29) is 5.97 Å². The Labute approximate surface area is 122 Å². The number of ether oxygens (including phenoxy) is 1. The van der Waals surface area contributed by atoms with E-state index < -0.39 is 0 Å². The molecule has 2 aromatic carbocycles. The van der Waals surface area contributed by atoms with E-state index in [0.717, 1.165) is 15.4 Å². The molecule has 0 fully saturated rings. The summed E-state index contributed by atoms with van der Waals surface area (Å²) in [4.78, 5) is 11.9. The summed E-state index contributed by atoms with van der Waals surface area (Å²) < 4.78 is 6.10. The molecule has 0 amide bonds. The molecule has 0 aromatic heterocycles. The number of halogens is 2. The van der Waals surface area contributed by atoms with Gasteiger partial charge in [-0.05, 0) is 45.8 Å². The predicted molar refractivity (Wildman–Crippen MR) is 78.2 cm³/mol. The number of rotatable bonds is 3. The third-order valence-corrected chi connectivity index (χ3v) is 3.63. The fourth-order valence-corrected chi connectivity index (χ4v) is 2.30. The standard InChI is InChI=1S/C14H10Br2O2/c15-9-10-6-7-13(12(16)8-10)18-14(17)11-4-2-1-3-5-11/h1-8H,9H2. The Balaban J connectivity index is 2.17. The van der Waals surface area contributed by atoms with Crippen LogP contribution in [0.1, 0.15) is 15.9 Å². The molecular weight excluding hydrogens is 360 g/mol. The Morgan fingerprint density at radius 3 is 2.44 bits per heavy atom. The number of carbonyl (C=O) groups is 1. The Kier molecular flexibility index (Phi) is 4.55. The lowest BCUT2D eigenvalue weighted by Gasteiger charge is -2.07. The zero-order valence-electron chi connectivity index (χ0n) is 9.40. The fourth-order valence-electron chi connectivity index (χ4n) is 1.44. The van der Waals surface area contributed by atoms with Crippen molar-refractivity contribution in [3.05, 3.63) is 64.1 Å². The average Bonchev–Trinajstić information content (AvgIpc) is 2.42. The van der Waals surface area contributed by atoms with E-state index in [1.807, 2.05) is 18.2 Å². The monoisotopic (exact) mass is 368 g/mol. The van der Waals surface area contributed by atoms with Gasteiger partial charge in [-0.25, -0.2) is 4.79 Å². The molecule has 0 spiro atoms. The molecule has 2 aromatic rings. The Morgan fingerprint density at radius 1 is 1.11 bits per heavy atom. The molecule has 0 saturated heterocycles. The summed E-state index contributed by atoms with van der Waals surface area (Å²) in [6.07, 6.45) is 0. The second kappa shape index (κ2) is 6.16. The fraction of sp³-hybridized carbons (Fsp3) is 0.0714. The first-order valence-corrected chi connectivity index (χ1v) is 7.24. The molecule has 0 atom stereocenters. The van der Waals surface area contributed by atoms with Crippen molar-refractivity contribution in [2.24, 2.45) is 0 Å². The van der Waals surface area contributed by atoms with Gasteiger partial charge in [-0.1, -0.05) is 40.2 Å². The van der Waals surface area contributed by atoms with Crippen LogP contribution in [0.15, 0.2) is 53.0 Å². The Bertz CT molecular complexity index is 553. The zero-order chi connectivity index (χ0) is 13.0. The van der Waals surface area contributed by atoms with Crippen LogP contribution in [0, 0.1) is 0 Å². The van der Waals surface area contributed by atoms with Crippen LogP contribution in [0.4, 0.5) is 0 Å². The Morgan fingerprint density at radius 2 is 1.83 bits per heavy atom. The molecule has 4 heteroatoms. The van der Waals surface area contributed by atoms with Crippen LogP contribution in [-0.2, 0) is 5.33 Å². The van der Waals surface area contributed by atoms with E-state index in [9.17, 15) is 4.79 Å². The second-order valence-corrected chi connectivity index (χ2v) is 5.07. The second-order valence-electron chi connectivity index (χ2n) is 3.65. The molecule has 0 radical (unpaired) electrons. The van der Waals surface area contributed by atoms with Gasteiger partial charge in [0.2, 0.25) is 0 Å². The summed E-state index contributed by atoms with van der Waals surface area (Å²) in [5.74, 6) is 0.163. The van der Waals surface area contributed by atoms with Crippen molar-refractivity contribution < 1.29 is 9.53 Å². The van der Waals surface area contributed by atoms with Gasteiger partial charge in [-0.15, -0.1) is 0 Å². The van der Waals surface area contributed by atoms with Crippen molar-refractivity contribution in [2.75, 3.05) is 0 Å². The van der Waals surface area contributed by atoms with Crippen LogP contribution in [0.25, 0.3) is 0 Å². The summed E-state index contributed by atoms with van der Waals surface area (Å²) in [6.45, 7) is 0. The smallest absolute Gasteiger partial charge is 0.343 e. The number of alkyl halides is 1. The molecule has 0 heterocycles. The van der Waals surface area contributed by atoms with Crippen LogP contribution in [0.3, 0.4) is 0 Å². The summed E-state index contributed by atoms with van der Waals surface area (Å²) in [7, 11) is 0. The highest BCUT2D eigenvalue weighted by Crippen LogP contribution is 2.27. The molecule has 0 aliphatic rings. The van der Waals surface area contributed by atoms with Crippen LogP contribution in [-0.4, -0.2) is 5.97 Å². The number of hydrogen-bond acceptors (Lipinski definition) is 2. The van der Waals surface area contributed by atoms with Crippen LogP contribution < -0.4 is 4.74 Å². The molecule has 0 aliphatic carbocycles.